The van der Waals surface area contributed by atoms with Crippen LogP contribution in [0.5, 0.6) is 0 Å². The molecule has 0 saturated heterocycles. The highest BCUT2D eigenvalue weighted by Gasteiger charge is 2.26. The summed E-state index contributed by atoms with van der Waals surface area (Å²) in [5, 5.41) is 12.7. The second kappa shape index (κ2) is 4.77. The van der Waals surface area contributed by atoms with Gasteiger partial charge in [0.1, 0.15) is 0 Å². The summed E-state index contributed by atoms with van der Waals surface area (Å²) in [6.07, 6.45) is 0. The number of hydrogen-bond acceptors (Lipinski definition) is 2. The first kappa shape index (κ1) is 12.2. The summed E-state index contributed by atoms with van der Waals surface area (Å²) >= 11 is 0. The van der Waals surface area contributed by atoms with Gasteiger partial charge in [0.25, 0.3) is 0 Å². The van der Waals surface area contributed by atoms with Crippen molar-refractivity contribution in [1.29, 1.82) is 0 Å². The van der Waals surface area contributed by atoms with Crippen molar-refractivity contribution >= 4 is 0 Å². The summed E-state index contributed by atoms with van der Waals surface area (Å²) in [4.78, 5) is 0. The van der Waals surface area contributed by atoms with E-state index in [0.29, 0.717) is 0 Å². The molecule has 0 aromatic heterocycles. The monoisotopic (exact) mass is 207 g/mol. The molecule has 2 N–H and O–H groups in total. The molecule has 0 saturated carbocycles. The van der Waals surface area contributed by atoms with Gasteiger partial charge in [0, 0.05) is 12.0 Å². The first-order valence-electron chi connectivity index (χ1n) is 5.36. The molecule has 1 aromatic rings. The van der Waals surface area contributed by atoms with Gasteiger partial charge in [0.05, 0.1) is 6.61 Å². The Hall–Kier alpha value is -0.860. The Bertz CT molecular complexity index is 335. The largest absolute Gasteiger partial charge is 0.395 e. The van der Waals surface area contributed by atoms with Gasteiger partial charge in [-0.05, 0) is 32.0 Å². The van der Waals surface area contributed by atoms with Crippen molar-refractivity contribution < 1.29 is 5.11 Å². The number of likely N-dealkylation sites (N-methyl/N-ethyl adjacent to an activating group) is 1. The third-order valence-electron chi connectivity index (χ3n) is 2.95. The normalized spacial score (nSPS) is 15.0. The standard InChI is InChI=1S/C13H21NO/c1-10-5-6-12(11(2)7-10)13(3,9-15)8-14-4/h5-7,14-15H,8-9H2,1-4H3. The molecule has 1 aromatic carbocycles. The molecule has 2 heteroatoms. The van der Waals surface area contributed by atoms with E-state index in [1.807, 2.05) is 7.05 Å². The molecule has 1 rings (SSSR count). The van der Waals surface area contributed by atoms with E-state index in [-0.39, 0.29) is 12.0 Å². The minimum absolute atomic E-state index is 0.164. The molecule has 0 radical (unpaired) electrons. The van der Waals surface area contributed by atoms with Crippen LogP contribution in [0.15, 0.2) is 18.2 Å². The highest BCUT2D eigenvalue weighted by Crippen LogP contribution is 2.26. The van der Waals surface area contributed by atoms with Gasteiger partial charge in [-0.2, -0.15) is 0 Å². The van der Waals surface area contributed by atoms with Crippen LogP contribution in [0, 0.1) is 13.8 Å². The van der Waals surface area contributed by atoms with Crippen molar-refractivity contribution in [2.24, 2.45) is 0 Å². The summed E-state index contributed by atoms with van der Waals surface area (Å²) in [5.41, 5.74) is 3.56. The van der Waals surface area contributed by atoms with Crippen LogP contribution in [-0.2, 0) is 5.41 Å². The molecular formula is C13H21NO. The Kier molecular flexibility index (Phi) is 3.89. The lowest BCUT2D eigenvalue weighted by atomic mass is 9.80. The average molecular weight is 207 g/mol. The molecule has 0 aliphatic carbocycles. The molecule has 2 nitrogen and oxygen atoms in total. The summed E-state index contributed by atoms with van der Waals surface area (Å²) < 4.78 is 0. The molecule has 15 heavy (non-hydrogen) atoms. The van der Waals surface area contributed by atoms with Gasteiger partial charge in [-0.3, -0.25) is 0 Å². The first-order chi connectivity index (χ1) is 7.03. The van der Waals surface area contributed by atoms with Gasteiger partial charge >= 0.3 is 0 Å². The van der Waals surface area contributed by atoms with Crippen molar-refractivity contribution in [3.05, 3.63) is 34.9 Å². The van der Waals surface area contributed by atoms with E-state index in [2.05, 4.69) is 44.3 Å². The van der Waals surface area contributed by atoms with E-state index in [4.69, 9.17) is 0 Å². The SMILES string of the molecule is CNCC(C)(CO)c1ccc(C)cc1C. The van der Waals surface area contributed by atoms with Gasteiger partial charge in [0.15, 0.2) is 0 Å². The molecule has 0 heterocycles. The predicted octanol–water partition coefficient (Wildman–Crippen LogP) is 1.77. The van der Waals surface area contributed by atoms with Crippen molar-refractivity contribution in [2.75, 3.05) is 20.2 Å². The molecule has 1 atom stereocenters. The maximum absolute atomic E-state index is 9.52. The number of hydrogen-bond donors (Lipinski definition) is 2. The van der Waals surface area contributed by atoms with E-state index >= 15 is 0 Å². The minimum atomic E-state index is -0.188. The van der Waals surface area contributed by atoms with Gasteiger partial charge in [-0.25, -0.2) is 0 Å². The lowest BCUT2D eigenvalue weighted by Gasteiger charge is -2.29. The van der Waals surface area contributed by atoms with Crippen LogP contribution < -0.4 is 5.32 Å². The Morgan fingerprint density at radius 1 is 1.33 bits per heavy atom. The molecule has 84 valence electrons. The van der Waals surface area contributed by atoms with E-state index in [1.54, 1.807) is 0 Å². The quantitative estimate of drug-likeness (QED) is 0.788. The Balaban J connectivity index is 3.12. The first-order valence-corrected chi connectivity index (χ1v) is 5.36. The third-order valence-corrected chi connectivity index (χ3v) is 2.95. The highest BCUT2D eigenvalue weighted by atomic mass is 16.3. The van der Waals surface area contributed by atoms with Crippen LogP contribution in [0.3, 0.4) is 0 Å². The van der Waals surface area contributed by atoms with Gasteiger partial charge in [-0.1, -0.05) is 30.7 Å². The van der Waals surface area contributed by atoms with Crippen molar-refractivity contribution in [3.63, 3.8) is 0 Å². The molecule has 0 bridgehead atoms. The molecule has 0 aliphatic rings. The Morgan fingerprint density at radius 3 is 2.47 bits per heavy atom. The molecule has 0 aliphatic heterocycles. The topological polar surface area (TPSA) is 32.3 Å². The lowest BCUT2D eigenvalue weighted by molar-refractivity contribution is 0.203. The Morgan fingerprint density at radius 2 is 2.00 bits per heavy atom. The maximum Gasteiger partial charge on any atom is 0.0537 e. The summed E-state index contributed by atoms with van der Waals surface area (Å²) in [6, 6.07) is 6.39. The summed E-state index contributed by atoms with van der Waals surface area (Å²) in [5.74, 6) is 0. The maximum atomic E-state index is 9.52. The van der Waals surface area contributed by atoms with Gasteiger partial charge in [-0.15, -0.1) is 0 Å². The molecular weight excluding hydrogens is 186 g/mol. The van der Waals surface area contributed by atoms with Crippen LogP contribution in [0.2, 0.25) is 0 Å². The number of benzene rings is 1. The van der Waals surface area contributed by atoms with Crippen LogP contribution in [0.4, 0.5) is 0 Å². The van der Waals surface area contributed by atoms with E-state index < -0.39 is 0 Å². The molecule has 0 spiro atoms. The van der Waals surface area contributed by atoms with Crippen molar-refractivity contribution in [1.82, 2.24) is 5.32 Å². The number of aryl methyl sites for hydroxylation is 2. The van der Waals surface area contributed by atoms with Gasteiger partial charge in [0.2, 0.25) is 0 Å². The van der Waals surface area contributed by atoms with Crippen LogP contribution in [-0.4, -0.2) is 25.3 Å². The molecule has 1 unspecified atom stereocenters. The van der Waals surface area contributed by atoms with Crippen molar-refractivity contribution in [3.8, 4) is 0 Å². The number of rotatable bonds is 4. The van der Waals surface area contributed by atoms with Crippen LogP contribution in [0.25, 0.3) is 0 Å². The van der Waals surface area contributed by atoms with E-state index in [9.17, 15) is 5.11 Å². The summed E-state index contributed by atoms with van der Waals surface area (Å²) in [6.45, 7) is 7.23. The zero-order valence-corrected chi connectivity index (χ0v) is 10.1. The lowest BCUT2D eigenvalue weighted by Crippen LogP contribution is -2.37. The van der Waals surface area contributed by atoms with Crippen molar-refractivity contribution in [2.45, 2.75) is 26.2 Å². The number of aliphatic hydroxyl groups is 1. The fourth-order valence-electron chi connectivity index (χ4n) is 2.12. The minimum Gasteiger partial charge on any atom is -0.395 e. The number of nitrogens with one attached hydrogen (secondary N) is 1. The zero-order chi connectivity index (χ0) is 11.5. The molecule has 0 amide bonds. The number of aliphatic hydroxyl groups excluding tert-OH is 1. The third kappa shape index (κ3) is 2.58. The van der Waals surface area contributed by atoms with E-state index in [0.717, 1.165) is 6.54 Å². The summed E-state index contributed by atoms with van der Waals surface area (Å²) in [7, 11) is 1.91. The second-order valence-electron chi connectivity index (χ2n) is 4.57. The fraction of sp³-hybridized carbons (Fsp3) is 0.538. The van der Waals surface area contributed by atoms with Gasteiger partial charge < -0.3 is 10.4 Å². The highest BCUT2D eigenvalue weighted by molar-refractivity contribution is 5.36. The second-order valence-corrected chi connectivity index (χ2v) is 4.57. The fourth-order valence-corrected chi connectivity index (χ4v) is 2.12. The molecule has 0 fully saturated rings. The predicted molar refractivity (Wildman–Crippen MR) is 64.3 cm³/mol. The van der Waals surface area contributed by atoms with Crippen LogP contribution in [0.1, 0.15) is 23.6 Å². The average Bonchev–Trinajstić information content (AvgIpc) is 2.17. The van der Waals surface area contributed by atoms with Crippen LogP contribution >= 0.6 is 0 Å². The smallest absolute Gasteiger partial charge is 0.0537 e. The van der Waals surface area contributed by atoms with E-state index in [1.165, 1.54) is 16.7 Å². The Labute approximate surface area is 92.3 Å². The zero-order valence-electron chi connectivity index (χ0n) is 10.1.